The van der Waals surface area contributed by atoms with Crippen LogP contribution in [0, 0.1) is 0 Å². The third-order valence-corrected chi connectivity index (χ3v) is 6.26. The molecule has 2 unspecified atom stereocenters. The number of guanidine groups is 1. The average Bonchev–Trinajstić information content (AvgIpc) is 3.20. The number of methoxy groups -OCH3 is 1. The Balaban J connectivity index is 0.00000341. The fraction of sp³-hybridized carbons (Fsp3) is 0.348. The van der Waals surface area contributed by atoms with Crippen LogP contribution >= 0.6 is 35.3 Å². The van der Waals surface area contributed by atoms with Gasteiger partial charge in [-0.05, 0) is 49.3 Å². The van der Waals surface area contributed by atoms with Gasteiger partial charge in [0, 0.05) is 29.7 Å². The molecule has 3 rings (SSSR count). The first-order valence-corrected chi connectivity index (χ1v) is 10.7. The van der Waals surface area contributed by atoms with E-state index in [9.17, 15) is 5.11 Å². The maximum atomic E-state index is 10.6. The fourth-order valence-electron chi connectivity index (χ4n) is 3.30. The molecule has 3 aromatic rings. The van der Waals surface area contributed by atoms with Gasteiger partial charge in [0.15, 0.2) is 5.96 Å². The minimum absolute atomic E-state index is 0. The predicted molar refractivity (Wildman–Crippen MR) is 141 cm³/mol. The molecular weight excluding hydrogens is 523 g/mol. The lowest BCUT2D eigenvalue weighted by Gasteiger charge is -2.26. The second kappa shape index (κ2) is 12.2. The summed E-state index contributed by atoms with van der Waals surface area (Å²) < 4.78 is 6.44. The molecule has 0 aliphatic carbocycles. The molecule has 0 aliphatic heterocycles. The Morgan fingerprint density at radius 1 is 1.10 bits per heavy atom. The largest absolute Gasteiger partial charge is 0.497 e. The molecule has 2 atom stereocenters. The fourth-order valence-corrected chi connectivity index (χ4v) is 4.35. The molecule has 2 aromatic carbocycles. The van der Waals surface area contributed by atoms with Crippen LogP contribution in [0.25, 0.3) is 10.1 Å². The minimum atomic E-state index is -0.591. The second-order valence-electron chi connectivity index (χ2n) is 7.29. The third-order valence-electron chi connectivity index (χ3n) is 5.05. The molecular formula is C23H31IN4O2S. The lowest BCUT2D eigenvalue weighted by molar-refractivity contribution is 0.184. The van der Waals surface area contributed by atoms with Gasteiger partial charge in [-0.2, -0.15) is 0 Å². The molecule has 0 amide bonds. The average molecular weight is 554 g/mol. The Bertz CT molecular complexity index is 942. The summed E-state index contributed by atoms with van der Waals surface area (Å²) >= 11 is 1.62. The van der Waals surface area contributed by atoms with Gasteiger partial charge in [0.2, 0.25) is 0 Å². The van der Waals surface area contributed by atoms with Crippen molar-refractivity contribution in [3.8, 4) is 5.75 Å². The van der Waals surface area contributed by atoms with Crippen LogP contribution in [0.15, 0.2) is 59.6 Å². The highest BCUT2D eigenvalue weighted by molar-refractivity contribution is 14.0. The first-order chi connectivity index (χ1) is 14.5. The molecule has 0 bridgehead atoms. The van der Waals surface area contributed by atoms with Gasteiger partial charge in [-0.1, -0.05) is 30.3 Å². The summed E-state index contributed by atoms with van der Waals surface area (Å²) in [7, 11) is 7.51. The number of fused-ring (bicyclic) bond motifs is 1. The summed E-state index contributed by atoms with van der Waals surface area (Å²) in [4.78, 5) is 7.41. The Morgan fingerprint density at radius 2 is 1.77 bits per heavy atom. The minimum Gasteiger partial charge on any atom is -0.497 e. The van der Waals surface area contributed by atoms with Gasteiger partial charge in [0.25, 0.3) is 0 Å². The number of aliphatic hydroxyl groups excluding tert-OH is 1. The van der Waals surface area contributed by atoms with Crippen LogP contribution in [0.5, 0.6) is 5.75 Å². The van der Waals surface area contributed by atoms with E-state index in [4.69, 9.17) is 4.74 Å². The van der Waals surface area contributed by atoms with Crippen molar-refractivity contribution >= 4 is 51.4 Å². The summed E-state index contributed by atoms with van der Waals surface area (Å²) in [6, 6.07) is 18.5. The molecule has 1 aromatic heterocycles. The van der Waals surface area contributed by atoms with Crippen molar-refractivity contribution in [2.24, 2.45) is 4.99 Å². The maximum Gasteiger partial charge on any atom is 0.191 e. The van der Waals surface area contributed by atoms with Crippen LogP contribution in [0.4, 0.5) is 0 Å². The second-order valence-corrected chi connectivity index (χ2v) is 8.40. The first-order valence-electron chi connectivity index (χ1n) is 9.93. The molecule has 0 saturated carbocycles. The molecule has 0 fully saturated rings. The number of ether oxygens (including phenoxy) is 1. The molecule has 0 aliphatic rings. The zero-order valence-electron chi connectivity index (χ0n) is 18.3. The molecule has 31 heavy (non-hydrogen) atoms. The van der Waals surface area contributed by atoms with Crippen LogP contribution < -0.4 is 15.4 Å². The quantitative estimate of drug-likeness (QED) is 0.223. The predicted octanol–water partition coefficient (Wildman–Crippen LogP) is 4.03. The highest BCUT2D eigenvalue weighted by Crippen LogP contribution is 2.29. The highest BCUT2D eigenvalue weighted by Gasteiger charge is 2.16. The zero-order valence-corrected chi connectivity index (χ0v) is 21.5. The van der Waals surface area contributed by atoms with Crippen LogP contribution in [0.2, 0.25) is 0 Å². The van der Waals surface area contributed by atoms with Crippen LogP contribution in [-0.2, 0) is 0 Å². The Kier molecular flexibility index (Phi) is 10.0. The lowest BCUT2D eigenvalue weighted by Crippen LogP contribution is -2.43. The zero-order chi connectivity index (χ0) is 21.5. The van der Waals surface area contributed by atoms with E-state index in [2.05, 4.69) is 58.9 Å². The van der Waals surface area contributed by atoms with E-state index in [0.717, 1.165) is 16.0 Å². The van der Waals surface area contributed by atoms with Crippen molar-refractivity contribution in [1.29, 1.82) is 0 Å². The summed E-state index contributed by atoms with van der Waals surface area (Å²) in [6.45, 7) is 1.07. The Morgan fingerprint density at radius 3 is 2.39 bits per heavy atom. The van der Waals surface area contributed by atoms with Gasteiger partial charge in [-0.15, -0.1) is 35.3 Å². The van der Waals surface area contributed by atoms with Crippen molar-refractivity contribution < 1.29 is 9.84 Å². The number of benzene rings is 2. The normalized spacial score (nSPS) is 13.5. The highest BCUT2D eigenvalue weighted by atomic mass is 127. The van der Waals surface area contributed by atoms with E-state index in [0.29, 0.717) is 19.0 Å². The summed E-state index contributed by atoms with van der Waals surface area (Å²) in [5.41, 5.74) is 1.19. The SMILES string of the molecule is CN=C(NCC(O)c1cc2ccccc2s1)NCC(c1ccc(OC)cc1)N(C)C.I. The molecule has 1 heterocycles. The number of aliphatic hydroxyl groups is 1. The van der Waals surface area contributed by atoms with Crippen LogP contribution in [0.3, 0.4) is 0 Å². The van der Waals surface area contributed by atoms with Gasteiger partial charge in [-0.3, -0.25) is 4.99 Å². The molecule has 0 radical (unpaired) electrons. The van der Waals surface area contributed by atoms with Crippen molar-refractivity contribution in [3.05, 3.63) is 65.0 Å². The van der Waals surface area contributed by atoms with E-state index >= 15 is 0 Å². The lowest BCUT2D eigenvalue weighted by atomic mass is 10.1. The van der Waals surface area contributed by atoms with Gasteiger partial charge in [-0.25, -0.2) is 0 Å². The number of likely N-dealkylation sites (N-methyl/N-ethyl adjacent to an activating group) is 1. The van der Waals surface area contributed by atoms with Gasteiger partial charge >= 0.3 is 0 Å². The standard InChI is InChI=1S/C23H30N4O2S.HI/c1-24-23(25-14-19(27(2)3)16-9-11-18(29-4)12-10-16)26-15-20(28)22-13-17-7-5-6-8-21(17)30-22;/h5-13,19-20,28H,14-15H2,1-4H3,(H2,24,25,26);1H. The number of thiophene rings is 1. The molecule has 0 saturated heterocycles. The van der Waals surface area contributed by atoms with E-state index in [1.54, 1.807) is 25.5 Å². The Labute approximate surface area is 205 Å². The number of aliphatic imine (C=N–C) groups is 1. The van der Waals surface area contributed by atoms with Crippen LogP contribution in [0.1, 0.15) is 22.6 Å². The van der Waals surface area contributed by atoms with Crippen molar-refractivity contribution in [2.45, 2.75) is 12.1 Å². The van der Waals surface area contributed by atoms with Gasteiger partial charge < -0.3 is 25.4 Å². The number of hydrogen-bond acceptors (Lipinski definition) is 5. The first kappa shape index (κ1) is 25.4. The summed E-state index contributed by atoms with van der Waals surface area (Å²) in [6.07, 6.45) is -0.591. The molecule has 168 valence electrons. The topological polar surface area (TPSA) is 69.1 Å². The van der Waals surface area contributed by atoms with Crippen molar-refractivity contribution in [2.75, 3.05) is 41.3 Å². The van der Waals surface area contributed by atoms with Crippen molar-refractivity contribution in [1.82, 2.24) is 15.5 Å². The van der Waals surface area contributed by atoms with Gasteiger partial charge in [0.05, 0.1) is 13.2 Å². The van der Waals surface area contributed by atoms with Crippen molar-refractivity contribution in [3.63, 3.8) is 0 Å². The third kappa shape index (κ3) is 6.80. The monoisotopic (exact) mass is 554 g/mol. The summed E-state index contributed by atoms with van der Waals surface area (Å²) in [5, 5.41) is 18.4. The smallest absolute Gasteiger partial charge is 0.191 e. The number of nitrogens with one attached hydrogen (secondary N) is 2. The molecule has 3 N–H and O–H groups in total. The number of hydrogen-bond donors (Lipinski definition) is 3. The van der Waals surface area contributed by atoms with E-state index < -0.39 is 6.10 Å². The maximum absolute atomic E-state index is 10.6. The molecule has 0 spiro atoms. The van der Waals surface area contributed by atoms with E-state index in [1.165, 1.54) is 10.3 Å². The Hall–Kier alpha value is -1.88. The van der Waals surface area contributed by atoms with Crippen LogP contribution in [-0.4, -0.2) is 57.3 Å². The summed E-state index contributed by atoms with van der Waals surface area (Å²) in [5.74, 6) is 1.51. The molecule has 6 nitrogen and oxygen atoms in total. The van der Waals surface area contributed by atoms with E-state index in [-0.39, 0.29) is 30.0 Å². The number of rotatable bonds is 8. The van der Waals surface area contributed by atoms with E-state index in [1.807, 2.05) is 30.3 Å². The molecule has 8 heteroatoms. The number of halogens is 1. The van der Waals surface area contributed by atoms with Gasteiger partial charge in [0.1, 0.15) is 11.9 Å². The number of nitrogens with zero attached hydrogens (tertiary/aromatic N) is 2.